The zero-order valence-corrected chi connectivity index (χ0v) is 13.9. The summed E-state index contributed by atoms with van der Waals surface area (Å²) in [7, 11) is 3.74. The molecular weight excluding hydrogens is 248 g/mol. The molecule has 3 heteroatoms. The molecule has 2 atom stereocenters. The maximum absolute atomic E-state index is 5.57. The first-order valence-electron chi connectivity index (χ1n) is 7.68. The van der Waals surface area contributed by atoms with Gasteiger partial charge in [0.1, 0.15) is 5.75 Å². The minimum Gasteiger partial charge on any atom is -0.496 e. The summed E-state index contributed by atoms with van der Waals surface area (Å²) in [5.74, 6) is 1.66. The predicted octanol–water partition coefficient (Wildman–Crippen LogP) is 3.85. The van der Waals surface area contributed by atoms with Crippen LogP contribution in [-0.2, 0) is 0 Å². The fourth-order valence-corrected chi connectivity index (χ4v) is 2.47. The highest BCUT2D eigenvalue weighted by atomic mass is 16.5. The Morgan fingerprint density at radius 3 is 2.45 bits per heavy atom. The van der Waals surface area contributed by atoms with Crippen LogP contribution in [0.5, 0.6) is 5.75 Å². The first kappa shape index (κ1) is 16.8. The van der Waals surface area contributed by atoms with Gasteiger partial charge in [0.25, 0.3) is 0 Å². The largest absolute Gasteiger partial charge is 0.496 e. The molecule has 0 radical (unpaired) electrons. The Balaban J connectivity index is 3.19. The third kappa shape index (κ3) is 3.89. The maximum atomic E-state index is 5.57. The van der Waals surface area contributed by atoms with Crippen LogP contribution in [-0.4, -0.2) is 27.2 Å². The van der Waals surface area contributed by atoms with Crippen LogP contribution in [0.15, 0.2) is 18.2 Å². The summed E-state index contributed by atoms with van der Waals surface area (Å²) in [5.41, 5.74) is 2.54. The highest BCUT2D eigenvalue weighted by Gasteiger charge is 2.19. The Labute approximate surface area is 124 Å². The summed E-state index contributed by atoms with van der Waals surface area (Å²) in [6, 6.07) is 6.60. The van der Waals surface area contributed by atoms with Crippen molar-refractivity contribution < 1.29 is 4.74 Å². The summed E-state index contributed by atoms with van der Waals surface area (Å²) in [6.45, 7) is 11.1. The van der Waals surface area contributed by atoms with Crippen molar-refractivity contribution in [2.75, 3.05) is 32.1 Å². The SMILES string of the molecule is CCC(C)CN(CC)c1cccc(OC)c1C(C)NC. The molecular formula is C17H30N2O. The average molecular weight is 278 g/mol. The van der Waals surface area contributed by atoms with Crippen molar-refractivity contribution in [1.29, 1.82) is 0 Å². The minimum absolute atomic E-state index is 0.270. The van der Waals surface area contributed by atoms with Crippen molar-refractivity contribution in [3.8, 4) is 5.75 Å². The number of nitrogens with zero attached hydrogens (tertiary/aromatic N) is 1. The molecule has 0 bridgehead atoms. The lowest BCUT2D eigenvalue weighted by Crippen LogP contribution is -2.30. The predicted molar refractivity (Wildman–Crippen MR) is 87.8 cm³/mol. The van der Waals surface area contributed by atoms with Crippen molar-refractivity contribution in [1.82, 2.24) is 5.32 Å². The van der Waals surface area contributed by atoms with Crippen molar-refractivity contribution in [2.24, 2.45) is 5.92 Å². The van der Waals surface area contributed by atoms with E-state index in [-0.39, 0.29) is 6.04 Å². The van der Waals surface area contributed by atoms with Crippen LogP contribution in [0, 0.1) is 5.92 Å². The zero-order chi connectivity index (χ0) is 15.1. The van der Waals surface area contributed by atoms with Gasteiger partial charge in [-0.1, -0.05) is 26.3 Å². The van der Waals surface area contributed by atoms with Gasteiger partial charge in [0, 0.05) is 30.4 Å². The molecule has 0 spiro atoms. The summed E-state index contributed by atoms with van der Waals surface area (Å²) in [6.07, 6.45) is 1.21. The highest BCUT2D eigenvalue weighted by molar-refractivity contribution is 5.60. The van der Waals surface area contributed by atoms with Gasteiger partial charge in [-0.15, -0.1) is 0 Å². The third-order valence-electron chi connectivity index (χ3n) is 4.08. The number of benzene rings is 1. The fourth-order valence-electron chi connectivity index (χ4n) is 2.47. The van der Waals surface area contributed by atoms with Gasteiger partial charge in [0.15, 0.2) is 0 Å². The highest BCUT2D eigenvalue weighted by Crippen LogP contribution is 2.34. The van der Waals surface area contributed by atoms with E-state index in [0.29, 0.717) is 5.92 Å². The van der Waals surface area contributed by atoms with Crippen LogP contribution in [0.1, 0.15) is 45.7 Å². The van der Waals surface area contributed by atoms with Gasteiger partial charge in [-0.3, -0.25) is 0 Å². The molecule has 0 aromatic heterocycles. The van der Waals surface area contributed by atoms with E-state index in [1.807, 2.05) is 13.1 Å². The van der Waals surface area contributed by atoms with Crippen LogP contribution >= 0.6 is 0 Å². The quantitative estimate of drug-likeness (QED) is 0.781. The van der Waals surface area contributed by atoms with E-state index in [4.69, 9.17) is 4.74 Å². The Morgan fingerprint density at radius 2 is 1.95 bits per heavy atom. The molecule has 1 aromatic carbocycles. The zero-order valence-electron chi connectivity index (χ0n) is 13.9. The Kier molecular flexibility index (Phi) is 6.86. The lowest BCUT2D eigenvalue weighted by atomic mass is 10.0. The summed E-state index contributed by atoms with van der Waals surface area (Å²) < 4.78 is 5.57. The Bertz CT molecular complexity index is 406. The normalized spacial score (nSPS) is 13.9. The molecule has 0 heterocycles. The molecule has 0 aliphatic heterocycles. The van der Waals surface area contributed by atoms with Crippen molar-refractivity contribution in [3.63, 3.8) is 0 Å². The van der Waals surface area contributed by atoms with Gasteiger partial charge in [-0.25, -0.2) is 0 Å². The topological polar surface area (TPSA) is 24.5 Å². The van der Waals surface area contributed by atoms with Crippen molar-refractivity contribution >= 4 is 5.69 Å². The summed E-state index contributed by atoms with van der Waals surface area (Å²) in [4.78, 5) is 2.46. The second-order valence-electron chi connectivity index (χ2n) is 5.46. The Morgan fingerprint density at radius 1 is 1.25 bits per heavy atom. The second kappa shape index (κ2) is 8.15. The van der Waals surface area contributed by atoms with Gasteiger partial charge in [-0.2, -0.15) is 0 Å². The van der Waals surface area contributed by atoms with Crippen LogP contribution in [0.3, 0.4) is 0 Å². The third-order valence-corrected chi connectivity index (χ3v) is 4.08. The molecule has 3 nitrogen and oxygen atoms in total. The molecule has 0 saturated heterocycles. The first-order chi connectivity index (χ1) is 9.58. The molecule has 0 amide bonds. The van der Waals surface area contributed by atoms with E-state index in [9.17, 15) is 0 Å². The smallest absolute Gasteiger partial charge is 0.125 e. The number of nitrogens with one attached hydrogen (secondary N) is 1. The molecule has 1 rings (SSSR count). The average Bonchev–Trinajstić information content (AvgIpc) is 2.50. The summed E-state index contributed by atoms with van der Waals surface area (Å²) >= 11 is 0. The molecule has 1 aromatic rings. The number of anilines is 1. The van der Waals surface area contributed by atoms with E-state index in [1.165, 1.54) is 17.7 Å². The number of ether oxygens (including phenoxy) is 1. The van der Waals surface area contributed by atoms with Gasteiger partial charge < -0.3 is 15.0 Å². The fraction of sp³-hybridized carbons (Fsp3) is 0.647. The van der Waals surface area contributed by atoms with E-state index in [1.54, 1.807) is 7.11 Å². The standard InChI is InChI=1S/C17H30N2O/c1-7-13(3)12-19(8-2)15-10-9-11-16(20-6)17(15)14(4)18-5/h9-11,13-14,18H,7-8,12H2,1-6H3. The lowest BCUT2D eigenvalue weighted by Gasteiger charge is -2.30. The van der Waals surface area contributed by atoms with E-state index >= 15 is 0 Å². The van der Waals surface area contributed by atoms with E-state index in [0.717, 1.165) is 18.8 Å². The first-order valence-corrected chi connectivity index (χ1v) is 7.68. The van der Waals surface area contributed by atoms with E-state index in [2.05, 4.69) is 50.0 Å². The molecule has 114 valence electrons. The number of hydrogen-bond acceptors (Lipinski definition) is 3. The molecule has 20 heavy (non-hydrogen) atoms. The minimum atomic E-state index is 0.270. The molecule has 0 aliphatic carbocycles. The van der Waals surface area contributed by atoms with Gasteiger partial charge >= 0.3 is 0 Å². The lowest BCUT2D eigenvalue weighted by molar-refractivity contribution is 0.403. The van der Waals surface area contributed by atoms with Crippen LogP contribution in [0.25, 0.3) is 0 Å². The molecule has 0 fully saturated rings. The molecule has 0 saturated carbocycles. The van der Waals surface area contributed by atoms with Crippen LogP contribution in [0.4, 0.5) is 5.69 Å². The van der Waals surface area contributed by atoms with Gasteiger partial charge in [0.05, 0.1) is 7.11 Å². The van der Waals surface area contributed by atoms with Crippen LogP contribution < -0.4 is 15.0 Å². The van der Waals surface area contributed by atoms with Gasteiger partial charge in [-0.05, 0) is 38.9 Å². The second-order valence-corrected chi connectivity index (χ2v) is 5.46. The van der Waals surface area contributed by atoms with Gasteiger partial charge in [0.2, 0.25) is 0 Å². The number of hydrogen-bond donors (Lipinski definition) is 1. The number of rotatable bonds is 8. The summed E-state index contributed by atoms with van der Waals surface area (Å²) in [5, 5.41) is 3.34. The monoisotopic (exact) mass is 278 g/mol. The van der Waals surface area contributed by atoms with Crippen molar-refractivity contribution in [3.05, 3.63) is 23.8 Å². The molecule has 1 N–H and O–H groups in total. The number of methoxy groups -OCH3 is 1. The molecule has 2 unspecified atom stereocenters. The van der Waals surface area contributed by atoms with Crippen LogP contribution in [0.2, 0.25) is 0 Å². The van der Waals surface area contributed by atoms with E-state index < -0.39 is 0 Å². The maximum Gasteiger partial charge on any atom is 0.125 e. The molecule has 0 aliphatic rings. The Hall–Kier alpha value is -1.22. The van der Waals surface area contributed by atoms with Crippen molar-refractivity contribution in [2.45, 2.75) is 40.2 Å².